The van der Waals surface area contributed by atoms with Crippen LogP contribution in [0.4, 0.5) is 13.2 Å². The largest absolute Gasteiger partial charge is 0.481 e. The third-order valence-electron chi connectivity index (χ3n) is 3.64. The van der Waals surface area contributed by atoms with Crippen molar-refractivity contribution in [1.29, 1.82) is 0 Å². The molecule has 0 fully saturated rings. The molecule has 7 heteroatoms. The molecule has 23 heavy (non-hydrogen) atoms. The molecule has 1 rings (SSSR count). The van der Waals surface area contributed by atoms with Gasteiger partial charge in [0.25, 0.3) is 0 Å². The number of alkyl halides is 3. The number of carboxylic acid groups (broad SMARTS) is 1. The van der Waals surface area contributed by atoms with Crippen LogP contribution < -0.4 is 0 Å². The summed E-state index contributed by atoms with van der Waals surface area (Å²) >= 11 is 0. The number of nitrogens with zero attached hydrogens (tertiary/aromatic N) is 1. The summed E-state index contributed by atoms with van der Waals surface area (Å²) in [7, 11) is 1.53. The van der Waals surface area contributed by atoms with Gasteiger partial charge in [-0.25, -0.2) is 0 Å². The maximum atomic E-state index is 12.5. The predicted octanol–water partition coefficient (Wildman–Crippen LogP) is 3.21. The molecule has 0 saturated heterocycles. The quantitative estimate of drug-likeness (QED) is 0.835. The molecule has 0 aromatic heterocycles. The first-order chi connectivity index (χ1) is 10.6. The standard InChI is InChI=1S/C16H20F3NO3/c1-3-12(15(23)20(2)9-8-14(21)22)10-11-4-6-13(7-5-11)16(17,18)19/h4-7,12H,3,8-10H2,1-2H3,(H,21,22). The van der Waals surface area contributed by atoms with Crippen molar-refractivity contribution in [1.82, 2.24) is 4.90 Å². The van der Waals surface area contributed by atoms with Crippen molar-refractivity contribution in [2.75, 3.05) is 13.6 Å². The van der Waals surface area contributed by atoms with Crippen LogP contribution in [0.3, 0.4) is 0 Å². The third kappa shape index (κ3) is 5.92. The summed E-state index contributed by atoms with van der Waals surface area (Å²) in [5, 5.41) is 8.64. The molecule has 128 valence electrons. The molecule has 0 radical (unpaired) electrons. The van der Waals surface area contributed by atoms with Crippen LogP contribution in [0.1, 0.15) is 30.9 Å². The van der Waals surface area contributed by atoms with Crippen LogP contribution in [0.15, 0.2) is 24.3 Å². The summed E-state index contributed by atoms with van der Waals surface area (Å²) in [5.74, 6) is -1.57. The lowest BCUT2D eigenvalue weighted by Crippen LogP contribution is -2.35. The molecule has 0 heterocycles. The van der Waals surface area contributed by atoms with E-state index in [2.05, 4.69) is 0 Å². The minimum atomic E-state index is -4.38. The van der Waals surface area contributed by atoms with Crippen molar-refractivity contribution in [2.45, 2.75) is 32.4 Å². The van der Waals surface area contributed by atoms with Gasteiger partial charge in [0, 0.05) is 19.5 Å². The Morgan fingerprint density at radius 3 is 2.22 bits per heavy atom. The van der Waals surface area contributed by atoms with Crippen molar-refractivity contribution < 1.29 is 27.9 Å². The fourth-order valence-corrected chi connectivity index (χ4v) is 2.21. The second-order valence-corrected chi connectivity index (χ2v) is 5.41. The Labute approximate surface area is 132 Å². The minimum absolute atomic E-state index is 0.109. The van der Waals surface area contributed by atoms with E-state index in [4.69, 9.17) is 5.11 Å². The summed E-state index contributed by atoms with van der Waals surface area (Å²) in [4.78, 5) is 24.2. The second kappa shape index (κ2) is 7.99. The van der Waals surface area contributed by atoms with E-state index >= 15 is 0 Å². The van der Waals surface area contributed by atoms with Crippen LogP contribution >= 0.6 is 0 Å². The molecule has 0 aliphatic carbocycles. The van der Waals surface area contributed by atoms with Gasteiger partial charge in [-0.05, 0) is 30.5 Å². The van der Waals surface area contributed by atoms with Gasteiger partial charge in [-0.1, -0.05) is 19.1 Å². The molecule has 0 saturated carbocycles. The number of carbonyl (C=O) groups is 2. The lowest BCUT2D eigenvalue weighted by molar-refractivity contribution is -0.139. The SMILES string of the molecule is CCC(Cc1ccc(C(F)(F)F)cc1)C(=O)N(C)CCC(=O)O. The van der Waals surface area contributed by atoms with E-state index in [1.165, 1.54) is 24.1 Å². The van der Waals surface area contributed by atoms with Crippen molar-refractivity contribution in [3.8, 4) is 0 Å². The smallest absolute Gasteiger partial charge is 0.416 e. The molecular weight excluding hydrogens is 311 g/mol. The van der Waals surface area contributed by atoms with Gasteiger partial charge < -0.3 is 10.0 Å². The first kappa shape index (κ1) is 19.0. The second-order valence-electron chi connectivity index (χ2n) is 5.41. The Hall–Kier alpha value is -2.05. The van der Waals surface area contributed by atoms with Gasteiger partial charge >= 0.3 is 12.1 Å². The lowest BCUT2D eigenvalue weighted by Gasteiger charge is -2.22. The first-order valence-corrected chi connectivity index (χ1v) is 7.28. The summed E-state index contributed by atoms with van der Waals surface area (Å²) in [6.07, 6.45) is -3.67. The fraction of sp³-hybridized carbons (Fsp3) is 0.500. The molecule has 1 aromatic carbocycles. The van der Waals surface area contributed by atoms with Crippen LogP contribution in [-0.2, 0) is 22.2 Å². The zero-order chi connectivity index (χ0) is 17.6. The Kier molecular flexibility index (Phi) is 6.60. The van der Waals surface area contributed by atoms with Gasteiger partial charge in [0.15, 0.2) is 0 Å². The highest BCUT2D eigenvalue weighted by Gasteiger charge is 2.30. The normalized spacial score (nSPS) is 12.7. The summed E-state index contributed by atoms with van der Waals surface area (Å²) in [6.45, 7) is 1.93. The number of hydrogen-bond donors (Lipinski definition) is 1. The van der Waals surface area contributed by atoms with Crippen LogP contribution in [0.2, 0.25) is 0 Å². The summed E-state index contributed by atoms with van der Waals surface area (Å²) in [5.41, 5.74) is -0.0796. The lowest BCUT2D eigenvalue weighted by atomic mass is 9.95. The number of halogens is 3. The maximum absolute atomic E-state index is 12.5. The summed E-state index contributed by atoms with van der Waals surface area (Å²) < 4.78 is 37.6. The molecule has 0 aliphatic rings. The van der Waals surface area contributed by atoms with Gasteiger partial charge in [-0.3, -0.25) is 9.59 Å². The van der Waals surface area contributed by atoms with Crippen molar-refractivity contribution in [3.63, 3.8) is 0 Å². The number of rotatable bonds is 7. The van der Waals surface area contributed by atoms with E-state index in [0.717, 1.165) is 12.1 Å². The number of benzene rings is 1. The van der Waals surface area contributed by atoms with E-state index in [9.17, 15) is 22.8 Å². The Balaban J connectivity index is 2.72. The van der Waals surface area contributed by atoms with Crippen molar-refractivity contribution in [3.05, 3.63) is 35.4 Å². The fourth-order valence-electron chi connectivity index (χ4n) is 2.21. The van der Waals surface area contributed by atoms with Crippen molar-refractivity contribution in [2.24, 2.45) is 5.92 Å². The van der Waals surface area contributed by atoms with Crippen molar-refractivity contribution >= 4 is 11.9 Å². The first-order valence-electron chi connectivity index (χ1n) is 7.28. The van der Waals surface area contributed by atoms with E-state index in [1.54, 1.807) is 0 Å². The maximum Gasteiger partial charge on any atom is 0.416 e. The van der Waals surface area contributed by atoms with Crippen LogP contribution in [0.5, 0.6) is 0 Å². The molecule has 0 bridgehead atoms. The van der Waals surface area contributed by atoms with Gasteiger partial charge in [0.2, 0.25) is 5.91 Å². The number of aliphatic carboxylic acids is 1. The van der Waals surface area contributed by atoms with E-state index in [-0.39, 0.29) is 24.8 Å². The zero-order valence-corrected chi connectivity index (χ0v) is 13.1. The van der Waals surface area contributed by atoms with Crippen LogP contribution in [0, 0.1) is 5.92 Å². The molecule has 1 aromatic rings. The van der Waals surface area contributed by atoms with Crippen LogP contribution in [-0.4, -0.2) is 35.5 Å². The molecule has 0 aliphatic heterocycles. The highest BCUT2D eigenvalue weighted by Crippen LogP contribution is 2.29. The molecule has 0 spiro atoms. The highest BCUT2D eigenvalue weighted by molar-refractivity contribution is 5.79. The van der Waals surface area contributed by atoms with E-state index in [1.807, 2.05) is 6.92 Å². The molecule has 1 unspecified atom stereocenters. The minimum Gasteiger partial charge on any atom is -0.481 e. The van der Waals surface area contributed by atoms with E-state index < -0.39 is 17.7 Å². The Bertz CT molecular complexity index is 540. The van der Waals surface area contributed by atoms with Gasteiger partial charge in [-0.15, -0.1) is 0 Å². The molecule has 1 amide bonds. The Morgan fingerprint density at radius 1 is 1.22 bits per heavy atom. The average Bonchev–Trinajstić information content (AvgIpc) is 2.49. The molecule has 4 nitrogen and oxygen atoms in total. The number of carbonyl (C=O) groups excluding carboxylic acids is 1. The third-order valence-corrected chi connectivity index (χ3v) is 3.64. The Morgan fingerprint density at radius 2 is 1.78 bits per heavy atom. The van der Waals surface area contributed by atoms with Gasteiger partial charge in [0.05, 0.1) is 12.0 Å². The zero-order valence-electron chi connectivity index (χ0n) is 13.1. The average molecular weight is 331 g/mol. The van der Waals surface area contributed by atoms with Gasteiger partial charge in [0.1, 0.15) is 0 Å². The molecule has 1 atom stereocenters. The molecular formula is C16H20F3NO3. The van der Waals surface area contributed by atoms with Gasteiger partial charge in [-0.2, -0.15) is 13.2 Å². The number of hydrogen-bond acceptors (Lipinski definition) is 2. The summed E-state index contributed by atoms with van der Waals surface area (Å²) in [6, 6.07) is 4.74. The van der Waals surface area contributed by atoms with E-state index in [0.29, 0.717) is 18.4 Å². The molecule has 1 N–H and O–H groups in total. The number of amides is 1. The predicted molar refractivity (Wildman–Crippen MR) is 78.8 cm³/mol. The topological polar surface area (TPSA) is 57.6 Å². The number of carboxylic acids is 1. The highest BCUT2D eigenvalue weighted by atomic mass is 19.4. The monoisotopic (exact) mass is 331 g/mol. The van der Waals surface area contributed by atoms with Crippen LogP contribution in [0.25, 0.3) is 0 Å².